The fourth-order valence-corrected chi connectivity index (χ4v) is 3.86. The fraction of sp³-hybridized carbons (Fsp3) is 0.588. The zero-order valence-electron chi connectivity index (χ0n) is 14.9. The van der Waals surface area contributed by atoms with Crippen molar-refractivity contribution in [2.75, 3.05) is 51.3 Å². The van der Waals surface area contributed by atoms with Crippen LogP contribution in [0, 0.1) is 5.92 Å². The van der Waals surface area contributed by atoms with E-state index in [9.17, 15) is 4.79 Å². The molecule has 26 heavy (non-hydrogen) atoms. The van der Waals surface area contributed by atoms with E-state index in [1.54, 1.807) is 24.8 Å². The van der Waals surface area contributed by atoms with Crippen LogP contribution in [0.2, 0.25) is 0 Å². The van der Waals surface area contributed by atoms with Gasteiger partial charge in [0.25, 0.3) is 0 Å². The third-order valence-electron chi connectivity index (χ3n) is 4.42. The van der Waals surface area contributed by atoms with Crippen LogP contribution in [0.25, 0.3) is 10.2 Å². The summed E-state index contributed by atoms with van der Waals surface area (Å²) in [5, 5.41) is 9.38. The Bertz CT molecular complexity index is 699. The second-order valence-corrected chi connectivity index (χ2v) is 7.05. The van der Waals surface area contributed by atoms with Gasteiger partial charge in [0.15, 0.2) is 0 Å². The first-order valence-electron chi connectivity index (χ1n) is 8.70. The summed E-state index contributed by atoms with van der Waals surface area (Å²) < 4.78 is 4.98. The lowest BCUT2D eigenvalue weighted by Crippen LogP contribution is -2.44. The third-order valence-corrected chi connectivity index (χ3v) is 5.24. The number of ether oxygens (including phenoxy) is 1. The Hall–Kier alpha value is -1.48. The number of hydrogen-bond acceptors (Lipinski definition) is 7. The first kappa shape index (κ1) is 20.8. The Kier molecular flexibility index (Phi) is 8.50. The number of carbonyl (C=O) groups excluding carboxylic acids is 1. The number of anilines is 1. The van der Waals surface area contributed by atoms with Crippen molar-refractivity contribution in [1.29, 1.82) is 0 Å². The molecule has 1 fully saturated rings. The largest absolute Gasteiger partial charge is 0.383 e. The second kappa shape index (κ2) is 10.6. The number of carbonyl (C=O) groups is 1. The number of amides is 1. The highest BCUT2D eigenvalue weighted by Gasteiger charge is 2.27. The quantitative estimate of drug-likeness (QED) is 0.657. The average molecular weight is 400 g/mol. The Balaban J connectivity index is 0.00000243. The van der Waals surface area contributed by atoms with Crippen LogP contribution in [0.1, 0.15) is 12.8 Å². The molecule has 0 aliphatic carbocycles. The molecule has 144 valence electrons. The Morgan fingerprint density at radius 2 is 2.27 bits per heavy atom. The molecule has 3 heterocycles. The Labute approximate surface area is 163 Å². The van der Waals surface area contributed by atoms with E-state index >= 15 is 0 Å². The molecule has 0 radical (unpaired) electrons. The molecule has 3 rings (SSSR count). The number of halogens is 1. The summed E-state index contributed by atoms with van der Waals surface area (Å²) in [6.07, 6.45) is 3.54. The highest BCUT2D eigenvalue weighted by atomic mass is 35.5. The predicted molar refractivity (Wildman–Crippen MR) is 107 cm³/mol. The van der Waals surface area contributed by atoms with Gasteiger partial charge in [0.05, 0.1) is 17.9 Å². The first-order valence-corrected chi connectivity index (χ1v) is 9.58. The van der Waals surface area contributed by atoms with Gasteiger partial charge in [-0.1, -0.05) is 0 Å². The predicted octanol–water partition coefficient (Wildman–Crippen LogP) is 1.68. The van der Waals surface area contributed by atoms with Crippen LogP contribution in [0.4, 0.5) is 5.82 Å². The molecule has 2 aromatic heterocycles. The number of piperidine rings is 1. The SMILES string of the molecule is COCCNCCNC(=O)C1CCCN(c2ncnc3sccc23)C1.Cl. The normalized spacial score (nSPS) is 17.1. The van der Waals surface area contributed by atoms with Crippen LogP contribution in [-0.2, 0) is 9.53 Å². The smallest absolute Gasteiger partial charge is 0.224 e. The Morgan fingerprint density at radius 3 is 3.12 bits per heavy atom. The minimum Gasteiger partial charge on any atom is -0.383 e. The van der Waals surface area contributed by atoms with E-state index in [2.05, 4.69) is 31.6 Å². The van der Waals surface area contributed by atoms with Crippen molar-refractivity contribution in [2.24, 2.45) is 5.92 Å². The summed E-state index contributed by atoms with van der Waals surface area (Å²) in [4.78, 5) is 24.5. The lowest BCUT2D eigenvalue weighted by Gasteiger charge is -2.33. The van der Waals surface area contributed by atoms with Gasteiger partial charge in [0.2, 0.25) is 5.91 Å². The number of rotatable bonds is 8. The van der Waals surface area contributed by atoms with Crippen LogP contribution < -0.4 is 15.5 Å². The topological polar surface area (TPSA) is 79.4 Å². The van der Waals surface area contributed by atoms with Gasteiger partial charge in [-0.2, -0.15) is 0 Å². The summed E-state index contributed by atoms with van der Waals surface area (Å²) in [6.45, 7) is 4.53. The molecule has 1 amide bonds. The Morgan fingerprint density at radius 1 is 1.38 bits per heavy atom. The summed E-state index contributed by atoms with van der Waals surface area (Å²) in [6, 6.07) is 2.06. The zero-order valence-corrected chi connectivity index (χ0v) is 16.6. The second-order valence-electron chi connectivity index (χ2n) is 6.16. The minimum atomic E-state index is 0. The third kappa shape index (κ3) is 5.26. The van der Waals surface area contributed by atoms with Crippen LogP contribution in [0.5, 0.6) is 0 Å². The molecule has 0 saturated carbocycles. The molecule has 7 nitrogen and oxygen atoms in total. The van der Waals surface area contributed by atoms with Crippen molar-refractivity contribution in [3.8, 4) is 0 Å². The molecule has 0 spiro atoms. The summed E-state index contributed by atoms with van der Waals surface area (Å²) >= 11 is 1.62. The molecule has 2 aromatic rings. The summed E-state index contributed by atoms with van der Waals surface area (Å²) in [5.74, 6) is 1.09. The van der Waals surface area contributed by atoms with Gasteiger partial charge in [-0.05, 0) is 24.3 Å². The van der Waals surface area contributed by atoms with E-state index in [4.69, 9.17) is 4.74 Å². The highest BCUT2D eigenvalue weighted by molar-refractivity contribution is 7.16. The number of nitrogens with zero attached hydrogens (tertiary/aromatic N) is 3. The molecule has 1 atom stereocenters. The molecule has 1 aliphatic rings. The molecular formula is C17H26ClN5O2S. The van der Waals surface area contributed by atoms with Gasteiger partial charge in [0.1, 0.15) is 17.0 Å². The fourth-order valence-electron chi connectivity index (χ4n) is 3.13. The number of fused-ring (bicyclic) bond motifs is 1. The molecule has 1 aliphatic heterocycles. The van der Waals surface area contributed by atoms with E-state index in [-0.39, 0.29) is 24.2 Å². The van der Waals surface area contributed by atoms with Gasteiger partial charge in [-0.15, -0.1) is 23.7 Å². The maximum atomic E-state index is 12.5. The number of nitrogens with one attached hydrogen (secondary N) is 2. The van der Waals surface area contributed by atoms with E-state index < -0.39 is 0 Å². The lowest BCUT2D eigenvalue weighted by atomic mass is 9.97. The van der Waals surface area contributed by atoms with Crippen LogP contribution in [-0.4, -0.2) is 62.3 Å². The molecule has 1 saturated heterocycles. The van der Waals surface area contributed by atoms with Crippen LogP contribution in [0.15, 0.2) is 17.8 Å². The lowest BCUT2D eigenvalue weighted by molar-refractivity contribution is -0.125. The van der Waals surface area contributed by atoms with Crippen molar-refractivity contribution >= 4 is 45.7 Å². The standard InChI is InChI=1S/C17H25N5O2S.ClH/c1-24-9-7-18-5-6-19-16(23)13-3-2-8-22(11-13)15-14-4-10-25-17(14)21-12-20-15;/h4,10,12-13,18H,2-3,5-9,11H2,1H3,(H,19,23);1H. The van der Waals surface area contributed by atoms with Crippen LogP contribution in [0.3, 0.4) is 0 Å². The number of thiophene rings is 1. The van der Waals surface area contributed by atoms with Gasteiger partial charge >= 0.3 is 0 Å². The first-order chi connectivity index (χ1) is 12.3. The molecule has 1 unspecified atom stereocenters. The van der Waals surface area contributed by atoms with Crippen molar-refractivity contribution in [3.05, 3.63) is 17.8 Å². The van der Waals surface area contributed by atoms with Gasteiger partial charge < -0.3 is 20.3 Å². The molecule has 0 bridgehead atoms. The number of hydrogen-bond donors (Lipinski definition) is 2. The molecule has 9 heteroatoms. The van der Waals surface area contributed by atoms with E-state index in [1.807, 2.05) is 5.38 Å². The van der Waals surface area contributed by atoms with E-state index in [0.717, 1.165) is 48.5 Å². The van der Waals surface area contributed by atoms with E-state index in [1.165, 1.54) is 0 Å². The summed E-state index contributed by atoms with van der Waals surface area (Å²) in [5.41, 5.74) is 0. The highest BCUT2D eigenvalue weighted by Crippen LogP contribution is 2.29. The average Bonchev–Trinajstić information content (AvgIpc) is 3.13. The van der Waals surface area contributed by atoms with Crippen LogP contribution >= 0.6 is 23.7 Å². The number of aromatic nitrogens is 2. The molecular weight excluding hydrogens is 374 g/mol. The number of methoxy groups -OCH3 is 1. The maximum absolute atomic E-state index is 12.5. The minimum absolute atomic E-state index is 0. The molecule has 0 aromatic carbocycles. The monoisotopic (exact) mass is 399 g/mol. The maximum Gasteiger partial charge on any atom is 0.224 e. The van der Waals surface area contributed by atoms with Crippen molar-refractivity contribution in [3.63, 3.8) is 0 Å². The van der Waals surface area contributed by atoms with Crippen molar-refractivity contribution in [2.45, 2.75) is 12.8 Å². The van der Waals surface area contributed by atoms with Gasteiger partial charge in [0, 0.05) is 39.8 Å². The zero-order chi connectivity index (χ0) is 17.5. The summed E-state index contributed by atoms with van der Waals surface area (Å²) in [7, 11) is 1.68. The van der Waals surface area contributed by atoms with Gasteiger partial charge in [-0.3, -0.25) is 4.79 Å². The molecule has 2 N–H and O–H groups in total. The van der Waals surface area contributed by atoms with Crippen molar-refractivity contribution in [1.82, 2.24) is 20.6 Å². The van der Waals surface area contributed by atoms with E-state index in [0.29, 0.717) is 19.7 Å². The van der Waals surface area contributed by atoms with Crippen molar-refractivity contribution < 1.29 is 9.53 Å². The van der Waals surface area contributed by atoms with Gasteiger partial charge in [-0.25, -0.2) is 9.97 Å².